The third-order valence-electron chi connectivity index (χ3n) is 3.34. The molecular formula is C17H18Br2F2N2OS. The Balaban J connectivity index is 2.39. The first-order valence-electron chi connectivity index (χ1n) is 7.51. The third kappa shape index (κ3) is 5.99. The molecule has 3 nitrogen and oxygen atoms in total. The van der Waals surface area contributed by atoms with Gasteiger partial charge < -0.3 is 4.55 Å². The molecule has 8 heteroatoms. The zero-order valence-electron chi connectivity index (χ0n) is 13.9. The number of nitrogens with zero attached hydrogens (tertiary/aromatic N) is 1. The SMILES string of the molecule is CC(C)(C)[S@+]([O-])N[C@@H](Cc1cc(F)cc(F)c1)c1nc(Br)ccc1Br. The second-order valence-electron chi connectivity index (χ2n) is 6.53. The Kier molecular flexibility index (Phi) is 7.01. The molecule has 0 spiro atoms. The highest BCUT2D eigenvalue weighted by molar-refractivity contribution is 9.11. The number of rotatable bonds is 5. The van der Waals surface area contributed by atoms with Crippen LogP contribution < -0.4 is 4.72 Å². The van der Waals surface area contributed by atoms with E-state index in [1.807, 2.05) is 26.8 Å². The monoisotopic (exact) mass is 494 g/mol. The van der Waals surface area contributed by atoms with Crippen LogP contribution in [0.2, 0.25) is 0 Å². The van der Waals surface area contributed by atoms with Gasteiger partial charge in [0.05, 0.1) is 11.7 Å². The first-order chi connectivity index (χ1) is 11.6. The van der Waals surface area contributed by atoms with E-state index in [-0.39, 0.29) is 6.42 Å². The van der Waals surface area contributed by atoms with Crippen LogP contribution in [0.15, 0.2) is 39.4 Å². The van der Waals surface area contributed by atoms with E-state index in [2.05, 4.69) is 41.6 Å². The molecule has 0 radical (unpaired) electrons. The lowest BCUT2D eigenvalue weighted by atomic mass is 10.0. The average molecular weight is 496 g/mol. The summed E-state index contributed by atoms with van der Waals surface area (Å²) in [6.45, 7) is 5.54. The van der Waals surface area contributed by atoms with Crippen molar-refractivity contribution < 1.29 is 13.3 Å². The van der Waals surface area contributed by atoms with Crippen molar-refractivity contribution in [1.82, 2.24) is 9.71 Å². The molecule has 1 N–H and O–H groups in total. The summed E-state index contributed by atoms with van der Waals surface area (Å²) in [6, 6.07) is 6.45. The average Bonchev–Trinajstić information content (AvgIpc) is 2.47. The van der Waals surface area contributed by atoms with Gasteiger partial charge in [-0.1, -0.05) is 0 Å². The Labute approximate surface area is 166 Å². The minimum atomic E-state index is -1.38. The maximum Gasteiger partial charge on any atom is 0.136 e. The van der Waals surface area contributed by atoms with E-state index in [1.165, 1.54) is 12.1 Å². The maximum atomic E-state index is 13.5. The quantitative estimate of drug-likeness (QED) is 0.457. The Morgan fingerprint density at radius 3 is 2.32 bits per heavy atom. The molecule has 0 aliphatic carbocycles. The lowest BCUT2D eigenvalue weighted by molar-refractivity contribution is 0.516. The Hall–Kier alpha value is -0.540. The fourth-order valence-electron chi connectivity index (χ4n) is 2.14. The van der Waals surface area contributed by atoms with E-state index in [1.54, 1.807) is 6.07 Å². The fraction of sp³-hybridized carbons (Fsp3) is 0.353. The van der Waals surface area contributed by atoms with E-state index in [0.29, 0.717) is 15.9 Å². The minimum Gasteiger partial charge on any atom is -0.598 e. The third-order valence-corrected chi connectivity index (χ3v) is 6.06. The number of nitrogens with one attached hydrogen (secondary N) is 1. The van der Waals surface area contributed by atoms with Gasteiger partial charge in [-0.2, -0.15) is 0 Å². The molecule has 0 saturated heterocycles. The molecule has 2 atom stereocenters. The maximum absolute atomic E-state index is 13.5. The second-order valence-corrected chi connectivity index (χ2v) is 10.2. The van der Waals surface area contributed by atoms with Gasteiger partial charge in [0, 0.05) is 21.9 Å². The lowest BCUT2D eigenvalue weighted by Gasteiger charge is -2.28. The Morgan fingerprint density at radius 2 is 1.76 bits per heavy atom. The van der Waals surface area contributed by atoms with Crippen molar-refractivity contribution in [1.29, 1.82) is 0 Å². The van der Waals surface area contributed by atoms with Crippen molar-refractivity contribution in [3.8, 4) is 0 Å². The molecule has 25 heavy (non-hydrogen) atoms. The molecule has 2 rings (SSSR count). The molecule has 1 aromatic heterocycles. The highest BCUT2D eigenvalue weighted by Crippen LogP contribution is 2.29. The molecular weight excluding hydrogens is 478 g/mol. The number of aromatic nitrogens is 1. The summed E-state index contributed by atoms with van der Waals surface area (Å²) in [7, 11) is 0. The van der Waals surface area contributed by atoms with Crippen LogP contribution in [-0.2, 0) is 17.8 Å². The van der Waals surface area contributed by atoms with Crippen LogP contribution in [-0.4, -0.2) is 14.3 Å². The predicted molar refractivity (Wildman–Crippen MR) is 103 cm³/mol. The van der Waals surface area contributed by atoms with Crippen LogP contribution in [0.4, 0.5) is 8.78 Å². The normalized spacial score (nSPS) is 14.4. The Morgan fingerprint density at radius 1 is 1.16 bits per heavy atom. The molecule has 0 amide bonds. The van der Waals surface area contributed by atoms with E-state index < -0.39 is 33.8 Å². The Bertz CT molecular complexity index is 736. The molecule has 0 fully saturated rings. The first kappa shape index (κ1) is 20.8. The number of benzene rings is 1. The van der Waals surface area contributed by atoms with Gasteiger partial charge in [0.2, 0.25) is 0 Å². The summed E-state index contributed by atoms with van der Waals surface area (Å²) in [5, 5.41) is 0. The summed E-state index contributed by atoms with van der Waals surface area (Å²) in [5.41, 5.74) is 1.06. The van der Waals surface area contributed by atoms with Crippen LogP contribution >= 0.6 is 31.9 Å². The second kappa shape index (κ2) is 8.43. The molecule has 0 aliphatic heterocycles. The molecule has 0 unspecified atom stereocenters. The van der Waals surface area contributed by atoms with Gasteiger partial charge >= 0.3 is 0 Å². The first-order valence-corrected chi connectivity index (χ1v) is 10.2. The van der Waals surface area contributed by atoms with Crippen LogP contribution in [0.3, 0.4) is 0 Å². The summed E-state index contributed by atoms with van der Waals surface area (Å²) in [4.78, 5) is 4.43. The topological polar surface area (TPSA) is 48.0 Å². The van der Waals surface area contributed by atoms with Crippen LogP contribution in [0.1, 0.15) is 38.1 Å². The van der Waals surface area contributed by atoms with Crippen LogP contribution in [0, 0.1) is 11.6 Å². The molecule has 0 saturated carbocycles. The van der Waals surface area contributed by atoms with E-state index >= 15 is 0 Å². The number of hydrogen-bond donors (Lipinski definition) is 1. The predicted octanol–water partition coefficient (Wildman–Crippen LogP) is 5.22. The summed E-state index contributed by atoms with van der Waals surface area (Å²) in [5.74, 6) is -1.29. The fourth-order valence-corrected chi connectivity index (χ4v) is 3.77. The largest absolute Gasteiger partial charge is 0.598 e. The molecule has 0 aliphatic rings. The number of pyridine rings is 1. The molecule has 2 aromatic rings. The zero-order chi connectivity index (χ0) is 18.8. The van der Waals surface area contributed by atoms with Gasteiger partial charge in [-0.25, -0.2) is 13.8 Å². The van der Waals surface area contributed by atoms with Gasteiger partial charge in [0.1, 0.15) is 21.0 Å². The zero-order valence-corrected chi connectivity index (χ0v) is 17.9. The highest BCUT2D eigenvalue weighted by atomic mass is 79.9. The summed E-state index contributed by atoms with van der Waals surface area (Å²) >= 11 is 5.39. The molecule has 1 heterocycles. The van der Waals surface area contributed by atoms with Crippen molar-refractivity contribution in [3.05, 3.63) is 62.3 Å². The van der Waals surface area contributed by atoms with Crippen LogP contribution in [0.25, 0.3) is 0 Å². The van der Waals surface area contributed by atoms with Gasteiger partial charge in [0.25, 0.3) is 0 Å². The van der Waals surface area contributed by atoms with Crippen molar-refractivity contribution >= 4 is 43.2 Å². The van der Waals surface area contributed by atoms with Crippen molar-refractivity contribution in [2.45, 2.75) is 38.0 Å². The smallest absolute Gasteiger partial charge is 0.136 e. The van der Waals surface area contributed by atoms with Gasteiger partial charge in [-0.05, 0) is 88.9 Å². The van der Waals surface area contributed by atoms with E-state index in [4.69, 9.17) is 0 Å². The van der Waals surface area contributed by atoms with Crippen LogP contribution in [0.5, 0.6) is 0 Å². The number of halogens is 4. The van der Waals surface area contributed by atoms with Crippen molar-refractivity contribution in [2.75, 3.05) is 0 Å². The summed E-state index contributed by atoms with van der Waals surface area (Å²) in [6.07, 6.45) is 0.235. The molecule has 0 bridgehead atoms. The van der Waals surface area contributed by atoms with Gasteiger partial charge in [-0.3, -0.25) is 0 Å². The molecule has 136 valence electrons. The van der Waals surface area contributed by atoms with E-state index in [0.717, 1.165) is 10.5 Å². The summed E-state index contributed by atoms with van der Waals surface area (Å²) < 4.78 is 43.5. The van der Waals surface area contributed by atoms with Crippen molar-refractivity contribution in [2.24, 2.45) is 0 Å². The van der Waals surface area contributed by atoms with Gasteiger partial charge in [-0.15, -0.1) is 4.72 Å². The minimum absolute atomic E-state index is 0.235. The van der Waals surface area contributed by atoms with Crippen molar-refractivity contribution in [3.63, 3.8) is 0 Å². The number of hydrogen-bond acceptors (Lipinski definition) is 3. The lowest BCUT2D eigenvalue weighted by Crippen LogP contribution is -2.42. The van der Waals surface area contributed by atoms with E-state index in [9.17, 15) is 13.3 Å². The standard InChI is InChI=1S/C17H18Br2F2N2OS/c1-17(2,3)25(24)23-14(16-13(18)4-5-15(19)22-16)8-10-6-11(20)9-12(21)7-10/h4-7,9,14,23H,8H2,1-3H3/t14-,25-/m0/s1. The van der Waals surface area contributed by atoms with Gasteiger partial charge in [0.15, 0.2) is 0 Å². The highest BCUT2D eigenvalue weighted by Gasteiger charge is 2.31. The molecule has 1 aromatic carbocycles.